The molecule has 27 heavy (non-hydrogen) atoms. The molecule has 1 amide bonds. The van der Waals surface area contributed by atoms with E-state index >= 15 is 0 Å². The van der Waals surface area contributed by atoms with E-state index in [2.05, 4.69) is 26.7 Å². The van der Waals surface area contributed by atoms with E-state index in [0.29, 0.717) is 5.92 Å². The van der Waals surface area contributed by atoms with Gasteiger partial charge in [0.05, 0.1) is 0 Å². The molecule has 0 saturated carbocycles. The number of rotatable bonds is 2. The smallest absolute Gasteiger partial charge is 0.270 e. The summed E-state index contributed by atoms with van der Waals surface area (Å²) in [7, 11) is 1.96. The first-order chi connectivity index (χ1) is 13.2. The molecule has 0 bridgehead atoms. The molecule has 0 N–H and O–H groups in total. The van der Waals surface area contributed by atoms with Gasteiger partial charge in [0.1, 0.15) is 11.5 Å². The number of amides is 1. The lowest BCUT2D eigenvalue weighted by Gasteiger charge is -2.31. The molecular weight excluding hydrogens is 338 g/mol. The molecule has 1 aliphatic rings. The van der Waals surface area contributed by atoms with Gasteiger partial charge in [0.2, 0.25) is 0 Å². The Kier molecular flexibility index (Phi) is 3.70. The van der Waals surface area contributed by atoms with Gasteiger partial charge in [-0.15, -0.1) is 10.2 Å². The van der Waals surface area contributed by atoms with Crippen molar-refractivity contribution in [2.24, 2.45) is 7.05 Å². The molecule has 4 heterocycles. The third kappa shape index (κ3) is 2.60. The number of carbonyl (C=O) groups excluding carboxylic acids is 1. The van der Waals surface area contributed by atoms with E-state index in [9.17, 15) is 4.79 Å². The molecule has 1 aromatic carbocycles. The first-order valence-corrected chi connectivity index (χ1v) is 9.36. The van der Waals surface area contributed by atoms with Crippen molar-refractivity contribution in [1.82, 2.24) is 24.1 Å². The number of hydrogen-bond acceptors (Lipinski definition) is 3. The van der Waals surface area contributed by atoms with Crippen LogP contribution in [0.3, 0.4) is 0 Å². The van der Waals surface area contributed by atoms with Crippen LogP contribution in [0.25, 0.3) is 16.6 Å². The minimum Gasteiger partial charge on any atom is -0.340 e. The van der Waals surface area contributed by atoms with E-state index in [0.717, 1.165) is 54.0 Å². The maximum atomic E-state index is 13.1. The fraction of sp³-hybridized carbons (Fsp3) is 0.286. The Morgan fingerprint density at radius 1 is 1.04 bits per heavy atom. The number of piperidine rings is 1. The second-order valence-electron chi connectivity index (χ2n) is 7.20. The van der Waals surface area contributed by atoms with Crippen molar-refractivity contribution in [1.29, 1.82) is 0 Å². The van der Waals surface area contributed by atoms with Crippen molar-refractivity contribution in [3.63, 3.8) is 0 Å². The van der Waals surface area contributed by atoms with Crippen LogP contribution in [0.2, 0.25) is 0 Å². The van der Waals surface area contributed by atoms with Crippen LogP contribution in [-0.2, 0) is 7.05 Å². The summed E-state index contributed by atoms with van der Waals surface area (Å²) >= 11 is 0. The summed E-state index contributed by atoms with van der Waals surface area (Å²) < 4.78 is 4.06. The summed E-state index contributed by atoms with van der Waals surface area (Å²) in [6.45, 7) is 1.49. The zero-order chi connectivity index (χ0) is 18.4. The quantitative estimate of drug-likeness (QED) is 0.552. The first kappa shape index (κ1) is 16.1. The van der Waals surface area contributed by atoms with Crippen molar-refractivity contribution in [2.45, 2.75) is 18.8 Å². The highest BCUT2D eigenvalue weighted by molar-refractivity contribution is 5.98. The molecule has 5 rings (SSSR count). The zero-order valence-electron chi connectivity index (χ0n) is 15.2. The third-order valence-electron chi connectivity index (χ3n) is 5.66. The lowest BCUT2D eigenvalue weighted by atomic mass is 9.95. The van der Waals surface area contributed by atoms with Crippen molar-refractivity contribution in [3.05, 3.63) is 66.2 Å². The van der Waals surface area contributed by atoms with Crippen LogP contribution in [0, 0.1) is 0 Å². The molecule has 0 aliphatic carbocycles. The van der Waals surface area contributed by atoms with Crippen molar-refractivity contribution in [3.8, 4) is 0 Å². The normalized spacial score (nSPS) is 15.7. The molecule has 3 aromatic heterocycles. The molecule has 136 valence electrons. The topological polar surface area (TPSA) is 55.4 Å². The number of aryl methyl sites for hydroxylation is 1. The summed E-state index contributed by atoms with van der Waals surface area (Å²) in [5.41, 5.74) is 2.72. The largest absolute Gasteiger partial charge is 0.340 e. The Bertz CT molecular complexity index is 1130. The van der Waals surface area contributed by atoms with Gasteiger partial charge < -0.3 is 9.47 Å². The SMILES string of the molecule is Cn1c(C(=O)N2CCC(c3nnc4ccccn34)CC2)cc2ccccc21. The highest BCUT2D eigenvalue weighted by Crippen LogP contribution is 2.28. The molecule has 1 aliphatic heterocycles. The first-order valence-electron chi connectivity index (χ1n) is 9.36. The molecule has 1 saturated heterocycles. The van der Waals surface area contributed by atoms with Crippen molar-refractivity contribution < 1.29 is 4.79 Å². The van der Waals surface area contributed by atoms with Crippen LogP contribution in [0.1, 0.15) is 35.1 Å². The summed E-state index contributed by atoms with van der Waals surface area (Å²) in [5, 5.41) is 9.76. The van der Waals surface area contributed by atoms with Crippen LogP contribution in [0.5, 0.6) is 0 Å². The Morgan fingerprint density at radius 2 is 1.81 bits per heavy atom. The Morgan fingerprint density at radius 3 is 2.63 bits per heavy atom. The Labute approximate surface area is 157 Å². The second kappa shape index (κ2) is 6.23. The summed E-state index contributed by atoms with van der Waals surface area (Å²) in [5.74, 6) is 1.44. The summed E-state index contributed by atoms with van der Waals surface area (Å²) in [6.07, 6.45) is 3.83. The van der Waals surface area contributed by atoms with E-state index in [1.807, 2.05) is 59.1 Å². The molecular formula is C21H21N5O. The van der Waals surface area contributed by atoms with Crippen molar-refractivity contribution in [2.75, 3.05) is 13.1 Å². The zero-order valence-corrected chi connectivity index (χ0v) is 15.2. The van der Waals surface area contributed by atoms with Crippen molar-refractivity contribution >= 4 is 22.5 Å². The van der Waals surface area contributed by atoms with E-state index in [1.54, 1.807) is 0 Å². The third-order valence-corrected chi connectivity index (χ3v) is 5.66. The molecule has 6 nitrogen and oxygen atoms in total. The van der Waals surface area contributed by atoms with E-state index in [1.165, 1.54) is 0 Å². The predicted molar refractivity (Wildman–Crippen MR) is 104 cm³/mol. The van der Waals surface area contributed by atoms with Crippen LogP contribution >= 0.6 is 0 Å². The van der Waals surface area contributed by atoms with Gasteiger partial charge in [-0.05, 0) is 37.1 Å². The average Bonchev–Trinajstić information content (AvgIpc) is 3.29. The number of fused-ring (bicyclic) bond motifs is 2. The lowest BCUT2D eigenvalue weighted by molar-refractivity contribution is 0.0701. The highest BCUT2D eigenvalue weighted by Gasteiger charge is 2.28. The molecule has 0 unspecified atom stereocenters. The maximum Gasteiger partial charge on any atom is 0.270 e. The highest BCUT2D eigenvalue weighted by atomic mass is 16.2. The van der Waals surface area contributed by atoms with Crippen LogP contribution < -0.4 is 0 Å². The van der Waals surface area contributed by atoms with Gasteiger partial charge in [-0.1, -0.05) is 24.3 Å². The Hall–Kier alpha value is -3.15. The minimum atomic E-state index is 0.109. The fourth-order valence-electron chi connectivity index (χ4n) is 4.14. The number of pyridine rings is 1. The monoisotopic (exact) mass is 359 g/mol. The fourth-order valence-corrected chi connectivity index (χ4v) is 4.14. The number of nitrogens with zero attached hydrogens (tertiary/aromatic N) is 5. The number of para-hydroxylation sites is 1. The summed E-state index contributed by atoms with van der Waals surface area (Å²) in [6, 6.07) is 16.0. The lowest BCUT2D eigenvalue weighted by Crippen LogP contribution is -2.39. The molecule has 0 radical (unpaired) electrons. The molecule has 1 fully saturated rings. The second-order valence-corrected chi connectivity index (χ2v) is 7.20. The minimum absolute atomic E-state index is 0.109. The van der Waals surface area contributed by atoms with Gasteiger partial charge >= 0.3 is 0 Å². The van der Waals surface area contributed by atoms with Crippen LogP contribution in [0.4, 0.5) is 0 Å². The van der Waals surface area contributed by atoms with Gasteiger partial charge in [0.25, 0.3) is 5.91 Å². The van der Waals surface area contributed by atoms with Gasteiger partial charge in [-0.25, -0.2) is 0 Å². The molecule has 4 aromatic rings. The number of benzene rings is 1. The number of carbonyl (C=O) groups is 1. The summed E-state index contributed by atoms with van der Waals surface area (Å²) in [4.78, 5) is 15.0. The standard InChI is InChI=1S/C21H21N5O/c1-24-17-7-3-2-6-16(17)14-18(24)21(27)25-12-9-15(10-13-25)20-23-22-19-8-4-5-11-26(19)20/h2-8,11,14-15H,9-10,12-13H2,1H3. The number of likely N-dealkylation sites (tertiary alicyclic amines) is 1. The van der Waals surface area contributed by atoms with Crippen LogP contribution in [0.15, 0.2) is 54.7 Å². The predicted octanol–water partition coefficient (Wildman–Crippen LogP) is 3.24. The van der Waals surface area contributed by atoms with Gasteiger partial charge in [0, 0.05) is 43.2 Å². The van der Waals surface area contributed by atoms with Gasteiger partial charge in [-0.2, -0.15) is 0 Å². The molecule has 0 atom stereocenters. The number of aromatic nitrogens is 4. The molecule has 6 heteroatoms. The molecule has 0 spiro atoms. The van der Waals surface area contributed by atoms with E-state index in [-0.39, 0.29) is 5.91 Å². The maximum absolute atomic E-state index is 13.1. The van der Waals surface area contributed by atoms with E-state index < -0.39 is 0 Å². The van der Waals surface area contributed by atoms with Gasteiger partial charge in [0.15, 0.2) is 5.65 Å². The Balaban J connectivity index is 1.35. The van der Waals surface area contributed by atoms with Crippen LogP contribution in [-0.4, -0.2) is 43.1 Å². The average molecular weight is 359 g/mol. The van der Waals surface area contributed by atoms with E-state index in [4.69, 9.17) is 0 Å². The van der Waals surface area contributed by atoms with Gasteiger partial charge in [-0.3, -0.25) is 9.20 Å². The number of hydrogen-bond donors (Lipinski definition) is 0.